The van der Waals surface area contributed by atoms with Crippen molar-refractivity contribution in [2.75, 3.05) is 25.5 Å². The molecule has 2 aromatic carbocycles. The van der Waals surface area contributed by atoms with Crippen LogP contribution in [0.15, 0.2) is 54.7 Å². The van der Waals surface area contributed by atoms with Gasteiger partial charge in [-0.05, 0) is 74.2 Å². The first-order chi connectivity index (χ1) is 19.4. The van der Waals surface area contributed by atoms with Gasteiger partial charge in [-0.15, -0.1) is 0 Å². The van der Waals surface area contributed by atoms with Gasteiger partial charge < -0.3 is 30.9 Å². The number of aliphatic hydroxyl groups is 2. The number of amides is 2. The molecule has 11 heteroatoms. The molecule has 1 aliphatic heterocycles. The van der Waals surface area contributed by atoms with E-state index >= 15 is 4.39 Å². The highest BCUT2D eigenvalue weighted by atomic mass is 35.5. The van der Waals surface area contributed by atoms with E-state index in [2.05, 4.69) is 10.3 Å². The van der Waals surface area contributed by atoms with E-state index in [0.29, 0.717) is 34.7 Å². The summed E-state index contributed by atoms with van der Waals surface area (Å²) in [6, 6.07) is 11.4. The largest absolute Gasteiger partial charge is 0.444 e. The van der Waals surface area contributed by atoms with Crippen molar-refractivity contribution >= 4 is 29.4 Å². The van der Waals surface area contributed by atoms with Crippen molar-refractivity contribution in [2.45, 2.75) is 50.8 Å². The van der Waals surface area contributed by atoms with Crippen LogP contribution in [0.4, 0.5) is 15.0 Å². The van der Waals surface area contributed by atoms with Gasteiger partial charge >= 0.3 is 6.09 Å². The zero-order chi connectivity index (χ0) is 29.9. The Morgan fingerprint density at radius 3 is 2.61 bits per heavy atom. The lowest BCUT2D eigenvalue weighted by Gasteiger charge is -2.27. The van der Waals surface area contributed by atoms with Gasteiger partial charge in [0.1, 0.15) is 17.2 Å². The van der Waals surface area contributed by atoms with Gasteiger partial charge in [-0.3, -0.25) is 4.79 Å². The van der Waals surface area contributed by atoms with E-state index in [9.17, 15) is 19.8 Å². The van der Waals surface area contributed by atoms with Crippen LogP contribution < -0.4 is 11.1 Å². The number of carbonyl (C=O) groups excluding carboxylic acids is 2. The molecule has 1 aliphatic rings. The van der Waals surface area contributed by atoms with Gasteiger partial charge in [0, 0.05) is 29.2 Å². The molecule has 2 unspecified atom stereocenters. The Morgan fingerprint density at radius 2 is 1.98 bits per heavy atom. The first-order valence-corrected chi connectivity index (χ1v) is 13.6. The van der Waals surface area contributed by atoms with Gasteiger partial charge in [0.15, 0.2) is 0 Å². The maximum absolute atomic E-state index is 15.2. The van der Waals surface area contributed by atoms with Gasteiger partial charge in [0.2, 0.25) is 0 Å². The predicted octanol–water partition coefficient (Wildman–Crippen LogP) is 4.67. The normalized spacial score (nSPS) is 17.8. The van der Waals surface area contributed by atoms with E-state index in [1.54, 1.807) is 63.4 Å². The second kappa shape index (κ2) is 12.4. The number of nitrogens with two attached hydrogens (primary N) is 1. The van der Waals surface area contributed by atoms with Crippen LogP contribution in [-0.2, 0) is 4.74 Å². The fraction of sp³-hybridized carbons (Fsp3) is 0.367. The molecule has 9 nitrogen and oxygen atoms in total. The number of nitrogens with one attached hydrogen (secondary N) is 1. The summed E-state index contributed by atoms with van der Waals surface area (Å²) in [7, 11) is 0. The molecule has 0 radical (unpaired) electrons. The van der Waals surface area contributed by atoms with E-state index in [1.165, 1.54) is 17.0 Å². The quantitative estimate of drug-likeness (QED) is 0.316. The van der Waals surface area contributed by atoms with Crippen molar-refractivity contribution in [3.05, 3.63) is 82.3 Å². The first-order valence-electron chi connectivity index (χ1n) is 13.2. The summed E-state index contributed by atoms with van der Waals surface area (Å²) in [5.74, 6) is -1.45. The number of anilines is 1. The number of aromatic nitrogens is 1. The smallest absolute Gasteiger partial charge is 0.410 e. The minimum atomic E-state index is -0.773. The summed E-state index contributed by atoms with van der Waals surface area (Å²) in [5.41, 5.74) is 7.52. The minimum Gasteiger partial charge on any atom is -0.444 e. The summed E-state index contributed by atoms with van der Waals surface area (Å²) < 4.78 is 20.7. The molecule has 1 saturated heterocycles. The molecule has 3 atom stereocenters. The summed E-state index contributed by atoms with van der Waals surface area (Å²) in [5, 5.41) is 22.8. The molecule has 3 aromatic rings. The lowest BCUT2D eigenvalue weighted by Crippen LogP contribution is -2.41. The van der Waals surface area contributed by atoms with Crippen LogP contribution in [0.1, 0.15) is 60.6 Å². The van der Waals surface area contributed by atoms with Gasteiger partial charge in [-0.1, -0.05) is 29.8 Å². The summed E-state index contributed by atoms with van der Waals surface area (Å²) in [4.78, 5) is 31.4. The highest BCUT2D eigenvalue weighted by molar-refractivity contribution is 6.30. The van der Waals surface area contributed by atoms with Crippen LogP contribution in [0.5, 0.6) is 0 Å². The fourth-order valence-corrected chi connectivity index (χ4v) is 5.08. The van der Waals surface area contributed by atoms with Crippen LogP contribution in [0.25, 0.3) is 11.1 Å². The fourth-order valence-electron chi connectivity index (χ4n) is 4.88. The number of benzene rings is 2. The number of hydrogen-bond acceptors (Lipinski definition) is 7. The highest BCUT2D eigenvalue weighted by Gasteiger charge is 2.38. The molecule has 0 bridgehead atoms. The number of aliphatic hydroxyl groups excluding tert-OH is 2. The SMILES string of the molecule is CC(C)(C)OC(=O)N1CC(c2cnc(N)c(-c3ccc(C(=O)N[C@H](CO)c4cccc(Cl)c4)c(F)c3)c2)CC1CO. The van der Waals surface area contributed by atoms with E-state index in [0.717, 1.165) is 5.56 Å². The van der Waals surface area contributed by atoms with E-state index in [-0.39, 0.29) is 23.9 Å². The minimum absolute atomic E-state index is 0.150. The summed E-state index contributed by atoms with van der Waals surface area (Å²) in [6.07, 6.45) is 1.60. The number of nitrogens with zero attached hydrogens (tertiary/aromatic N) is 2. The van der Waals surface area contributed by atoms with Crippen LogP contribution >= 0.6 is 11.6 Å². The molecule has 2 heterocycles. The van der Waals surface area contributed by atoms with Crippen molar-refractivity contribution in [2.24, 2.45) is 0 Å². The van der Waals surface area contributed by atoms with E-state index < -0.39 is 42.1 Å². The van der Waals surface area contributed by atoms with Crippen molar-refractivity contribution in [3.63, 3.8) is 0 Å². The van der Waals surface area contributed by atoms with Crippen LogP contribution in [0.2, 0.25) is 5.02 Å². The molecule has 0 aliphatic carbocycles. The summed E-state index contributed by atoms with van der Waals surface area (Å²) >= 11 is 6.02. The van der Waals surface area contributed by atoms with Crippen molar-refractivity contribution in [3.8, 4) is 11.1 Å². The summed E-state index contributed by atoms with van der Waals surface area (Å²) in [6.45, 7) is 5.04. The monoisotopic (exact) mass is 584 g/mol. The van der Waals surface area contributed by atoms with Crippen molar-refractivity contribution < 1.29 is 28.9 Å². The Morgan fingerprint density at radius 1 is 1.22 bits per heavy atom. The molecule has 1 aromatic heterocycles. The molecule has 41 heavy (non-hydrogen) atoms. The zero-order valence-corrected chi connectivity index (χ0v) is 23.9. The van der Waals surface area contributed by atoms with Gasteiger partial charge in [0.25, 0.3) is 5.91 Å². The average Bonchev–Trinajstić information content (AvgIpc) is 3.36. The van der Waals surface area contributed by atoms with Crippen LogP contribution in [0, 0.1) is 5.82 Å². The van der Waals surface area contributed by atoms with E-state index in [4.69, 9.17) is 22.1 Å². The number of likely N-dealkylation sites (tertiary alicyclic amines) is 1. The number of ether oxygens (including phenoxy) is 1. The number of hydrogen-bond donors (Lipinski definition) is 4. The maximum Gasteiger partial charge on any atom is 0.410 e. The third-order valence-corrected chi connectivity index (χ3v) is 7.16. The Hall–Kier alpha value is -3.73. The predicted molar refractivity (Wildman–Crippen MR) is 154 cm³/mol. The molecule has 1 fully saturated rings. The van der Waals surface area contributed by atoms with Crippen LogP contribution in [-0.4, -0.2) is 63.5 Å². The Balaban J connectivity index is 1.54. The average molecular weight is 585 g/mol. The standard InChI is InChI=1S/C30H34ClFN4O5/c1-30(2,3)41-29(40)36-14-20(10-22(36)15-37)19-11-24(27(33)34-13-19)17-7-8-23(25(32)12-17)28(39)35-26(16-38)18-5-4-6-21(31)9-18/h4-9,11-13,20,22,26,37-38H,10,14-16H2,1-3H3,(H2,33,34)(H,35,39)/t20?,22?,26-/m1/s1. The number of carbonyl (C=O) groups is 2. The lowest BCUT2D eigenvalue weighted by molar-refractivity contribution is 0.0174. The number of nitrogen functional groups attached to an aromatic ring is 1. The van der Waals surface area contributed by atoms with Crippen LogP contribution in [0.3, 0.4) is 0 Å². The Kier molecular flexibility index (Phi) is 9.16. The van der Waals surface area contributed by atoms with Crippen molar-refractivity contribution in [1.82, 2.24) is 15.2 Å². The molecular weight excluding hydrogens is 551 g/mol. The second-order valence-corrected chi connectivity index (χ2v) is 11.5. The molecular formula is C30H34ClFN4O5. The molecule has 0 saturated carbocycles. The van der Waals surface area contributed by atoms with E-state index in [1.807, 2.05) is 0 Å². The number of pyridine rings is 1. The number of rotatable bonds is 7. The second-order valence-electron chi connectivity index (χ2n) is 11.1. The van der Waals surface area contributed by atoms with Gasteiger partial charge in [-0.25, -0.2) is 14.2 Å². The highest BCUT2D eigenvalue weighted by Crippen LogP contribution is 2.36. The molecule has 5 N–H and O–H groups in total. The third kappa shape index (κ3) is 7.13. The lowest BCUT2D eigenvalue weighted by atomic mass is 9.94. The maximum atomic E-state index is 15.2. The molecule has 4 rings (SSSR count). The first kappa shape index (κ1) is 30.2. The Labute approximate surface area is 243 Å². The molecule has 2 amide bonds. The molecule has 0 spiro atoms. The topological polar surface area (TPSA) is 138 Å². The van der Waals surface area contributed by atoms with Crippen molar-refractivity contribution in [1.29, 1.82) is 0 Å². The molecule has 218 valence electrons. The van der Waals surface area contributed by atoms with Gasteiger partial charge in [0.05, 0.1) is 30.9 Å². The van der Waals surface area contributed by atoms with Gasteiger partial charge in [-0.2, -0.15) is 0 Å². The zero-order valence-electron chi connectivity index (χ0n) is 23.1. The Bertz CT molecular complexity index is 1430. The number of halogens is 2. The third-order valence-electron chi connectivity index (χ3n) is 6.93.